The van der Waals surface area contributed by atoms with Gasteiger partial charge in [-0.1, -0.05) is 0 Å². The minimum Gasteiger partial charge on any atom is -0.362 e. The fraction of sp³-hybridized carbons (Fsp3) is 0.412. The Morgan fingerprint density at radius 2 is 1.96 bits per heavy atom. The van der Waals surface area contributed by atoms with Crippen molar-refractivity contribution in [2.75, 3.05) is 25.5 Å². The van der Waals surface area contributed by atoms with Crippen molar-refractivity contribution in [3.05, 3.63) is 41.7 Å². The highest BCUT2D eigenvalue weighted by molar-refractivity contribution is 5.63. The minimum atomic E-state index is -0.884. The molecule has 6 heteroatoms. The van der Waals surface area contributed by atoms with E-state index in [2.05, 4.69) is 20.4 Å². The number of anilines is 1. The maximum Gasteiger partial charge on any atom is 0.149 e. The molecule has 1 N–H and O–H groups in total. The molecule has 4 nitrogen and oxygen atoms in total. The number of likely N-dealkylation sites (N-methyl/N-ethyl adjacent to an activating group) is 1. The number of aryl methyl sites for hydroxylation is 1. The van der Waals surface area contributed by atoms with Crippen molar-refractivity contribution in [1.29, 1.82) is 0 Å². The summed E-state index contributed by atoms with van der Waals surface area (Å²) >= 11 is 0. The summed E-state index contributed by atoms with van der Waals surface area (Å²) < 4.78 is 27.0. The van der Waals surface area contributed by atoms with Crippen molar-refractivity contribution in [2.45, 2.75) is 25.6 Å². The summed E-state index contributed by atoms with van der Waals surface area (Å²) in [5.74, 6) is 0.282. The highest BCUT2D eigenvalue weighted by atomic mass is 19.1. The molecule has 1 saturated heterocycles. The topological polar surface area (TPSA) is 41.0 Å². The molecule has 122 valence electrons. The molecule has 1 fully saturated rings. The molecular weight excluding hydrogens is 298 g/mol. The highest BCUT2D eigenvalue weighted by Gasteiger charge is 2.27. The van der Waals surface area contributed by atoms with Crippen molar-refractivity contribution >= 4 is 5.82 Å². The van der Waals surface area contributed by atoms with Crippen molar-refractivity contribution in [1.82, 2.24) is 15.1 Å². The van der Waals surface area contributed by atoms with Crippen molar-refractivity contribution in [3.8, 4) is 11.3 Å². The predicted molar refractivity (Wildman–Crippen MR) is 86.6 cm³/mol. The summed E-state index contributed by atoms with van der Waals surface area (Å²) in [6, 6.07) is 7.72. The third kappa shape index (κ3) is 3.64. The molecule has 2 atom stereocenters. The molecule has 2 heterocycles. The van der Waals surface area contributed by atoms with Crippen LogP contribution in [0.25, 0.3) is 11.3 Å². The summed E-state index contributed by atoms with van der Waals surface area (Å²) in [6.45, 7) is 3.33. The van der Waals surface area contributed by atoms with E-state index in [0.717, 1.165) is 17.7 Å². The van der Waals surface area contributed by atoms with E-state index in [-0.39, 0.29) is 11.9 Å². The molecule has 0 radical (unpaired) electrons. The fourth-order valence-electron chi connectivity index (χ4n) is 2.86. The summed E-state index contributed by atoms with van der Waals surface area (Å²) in [6.07, 6.45) is -0.362. The Morgan fingerprint density at radius 3 is 2.65 bits per heavy atom. The zero-order chi connectivity index (χ0) is 16.4. The second-order valence-electron chi connectivity index (χ2n) is 6.09. The number of likely N-dealkylation sites (tertiary alicyclic amines) is 1. The SMILES string of the molecule is Cc1cc(N[C@H]2CN(C)CC[C@@H]2F)nnc1-c1ccc(F)cc1. The number of nitrogens with one attached hydrogen (secondary N) is 1. The van der Waals surface area contributed by atoms with Crippen LogP contribution in [-0.2, 0) is 0 Å². The molecule has 0 saturated carbocycles. The number of hydrogen-bond donors (Lipinski definition) is 1. The molecule has 2 aromatic rings. The van der Waals surface area contributed by atoms with Crippen molar-refractivity contribution < 1.29 is 8.78 Å². The van der Waals surface area contributed by atoms with E-state index in [0.29, 0.717) is 24.5 Å². The van der Waals surface area contributed by atoms with Gasteiger partial charge in [-0.3, -0.25) is 0 Å². The monoisotopic (exact) mass is 318 g/mol. The van der Waals surface area contributed by atoms with Gasteiger partial charge in [0.15, 0.2) is 0 Å². The van der Waals surface area contributed by atoms with Gasteiger partial charge in [-0.05, 0) is 56.3 Å². The molecular formula is C17H20F2N4. The largest absolute Gasteiger partial charge is 0.362 e. The lowest BCUT2D eigenvalue weighted by atomic mass is 10.0. The van der Waals surface area contributed by atoms with Crippen LogP contribution in [0.4, 0.5) is 14.6 Å². The Labute approximate surface area is 134 Å². The van der Waals surface area contributed by atoms with Crippen LogP contribution in [0.1, 0.15) is 12.0 Å². The molecule has 3 rings (SSSR count). The van der Waals surface area contributed by atoms with Crippen LogP contribution < -0.4 is 5.32 Å². The van der Waals surface area contributed by atoms with Gasteiger partial charge in [-0.25, -0.2) is 8.78 Å². The maximum atomic E-state index is 14.0. The number of nitrogens with zero attached hydrogens (tertiary/aromatic N) is 3. The zero-order valence-corrected chi connectivity index (χ0v) is 13.3. The maximum absolute atomic E-state index is 14.0. The summed E-state index contributed by atoms with van der Waals surface area (Å²) in [4.78, 5) is 2.10. The average molecular weight is 318 g/mol. The third-order valence-corrected chi connectivity index (χ3v) is 4.17. The first kappa shape index (κ1) is 15.8. The average Bonchev–Trinajstić information content (AvgIpc) is 2.52. The van der Waals surface area contributed by atoms with Crippen LogP contribution >= 0.6 is 0 Å². The van der Waals surface area contributed by atoms with Gasteiger partial charge in [0.1, 0.15) is 17.8 Å². The number of halogens is 2. The van der Waals surface area contributed by atoms with Crippen LogP contribution in [0.15, 0.2) is 30.3 Å². The number of benzene rings is 1. The third-order valence-electron chi connectivity index (χ3n) is 4.17. The van der Waals surface area contributed by atoms with E-state index < -0.39 is 6.17 Å². The smallest absolute Gasteiger partial charge is 0.149 e. The first-order valence-corrected chi connectivity index (χ1v) is 7.72. The normalized spacial score (nSPS) is 22.1. The van der Waals surface area contributed by atoms with Gasteiger partial charge in [0, 0.05) is 18.7 Å². The molecule has 1 aromatic carbocycles. The second kappa shape index (κ2) is 6.58. The lowest BCUT2D eigenvalue weighted by Crippen LogP contribution is -2.47. The predicted octanol–water partition coefficient (Wildman–Crippen LogP) is 3.05. The van der Waals surface area contributed by atoms with Crippen molar-refractivity contribution in [2.24, 2.45) is 0 Å². The molecule has 1 aliphatic rings. The van der Waals surface area contributed by atoms with Gasteiger partial charge in [0.25, 0.3) is 0 Å². The quantitative estimate of drug-likeness (QED) is 0.944. The number of alkyl halides is 1. The van der Waals surface area contributed by atoms with Gasteiger partial charge in [0.05, 0.1) is 11.7 Å². The lowest BCUT2D eigenvalue weighted by molar-refractivity contribution is 0.157. The first-order valence-electron chi connectivity index (χ1n) is 7.72. The lowest BCUT2D eigenvalue weighted by Gasteiger charge is -2.33. The van der Waals surface area contributed by atoms with Gasteiger partial charge in [-0.15, -0.1) is 10.2 Å². The number of rotatable bonds is 3. The van der Waals surface area contributed by atoms with Gasteiger partial charge < -0.3 is 10.2 Å². The summed E-state index contributed by atoms with van der Waals surface area (Å²) in [5.41, 5.74) is 2.42. The molecule has 1 aromatic heterocycles. The van der Waals surface area contributed by atoms with Gasteiger partial charge in [-0.2, -0.15) is 0 Å². The molecule has 0 bridgehead atoms. The van der Waals surface area contributed by atoms with Crippen LogP contribution in [0, 0.1) is 12.7 Å². The Morgan fingerprint density at radius 1 is 1.22 bits per heavy atom. The number of hydrogen-bond acceptors (Lipinski definition) is 4. The van der Waals surface area contributed by atoms with Crippen LogP contribution in [0.5, 0.6) is 0 Å². The Hall–Kier alpha value is -2.08. The molecule has 0 amide bonds. The molecule has 1 aliphatic heterocycles. The molecule has 23 heavy (non-hydrogen) atoms. The van der Waals surface area contributed by atoms with Gasteiger partial charge in [0.2, 0.25) is 0 Å². The Kier molecular flexibility index (Phi) is 4.52. The van der Waals surface area contributed by atoms with E-state index in [4.69, 9.17) is 0 Å². The molecule has 0 spiro atoms. The first-order chi connectivity index (χ1) is 11.0. The number of piperidine rings is 1. The summed E-state index contributed by atoms with van der Waals surface area (Å²) in [5, 5.41) is 11.5. The van der Waals surface area contributed by atoms with Crippen LogP contribution in [-0.4, -0.2) is 47.4 Å². The Balaban J connectivity index is 1.77. The molecule has 0 aliphatic carbocycles. The molecule has 0 unspecified atom stereocenters. The van der Waals surface area contributed by atoms with Crippen LogP contribution in [0.3, 0.4) is 0 Å². The second-order valence-corrected chi connectivity index (χ2v) is 6.09. The van der Waals surface area contributed by atoms with E-state index >= 15 is 0 Å². The minimum absolute atomic E-state index is 0.279. The zero-order valence-electron chi connectivity index (χ0n) is 13.3. The highest BCUT2D eigenvalue weighted by Crippen LogP contribution is 2.23. The van der Waals surface area contributed by atoms with Gasteiger partial charge >= 0.3 is 0 Å². The van der Waals surface area contributed by atoms with E-state index in [1.54, 1.807) is 12.1 Å². The van der Waals surface area contributed by atoms with E-state index in [1.807, 2.05) is 20.0 Å². The fourth-order valence-corrected chi connectivity index (χ4v) is 2.86. The number of aromatic nitrogens is 2. The van der Waals surface area contributed by atoms with Crippen LogP contribution in [0.2, 0.25) is 0 Å². The van der Waals surface area contributed by atoms with E-state index in [9.17, 15) is 8.78 Å². The van der Waals surface area contributed by atoms with E-state index in [1.165, 1.54) is 12.1 Å². The van der Waals surface area contributed by atoms with Crippen molar-refractivity contribution in [3.63, 3.8) is 0 Å². The standard InChI is InChI=1S/C17H20F2N4/c1-11-9-16(20-15-10-23(2)8-7-14(15)19)21-22-17(11)12-3-5-13(18)6-4-12/h3-6,9,14-15H,7-8,10H2,1-2H3,(H,20,21)/t14-,15-/m0/s1. The Bertz CT molecular complexity index is 675. The summed E-state index contributed by atoms with van der Waals surface area (Å²) in [7, 11) is 1.98.